The number of unbranched alkanes of at least 4 members (excludes halogenated alkanes) is 1. The van der Waals surface area contributed by atoms with Crippen molar-refractivity contribution in [2.45, 2.75) is 39.0 Å². The van der Waals surface area contributed by atoms with Crippen molar-refractivity contribution in [2.75, 3.05) is 5.32 Å². The summed E-state index contributed by atoms with van der Waals surface area (Å²) in [6.45, 7) is 2.13. The normalized spacial score (nSPS) is 13.9. The second-order valence-corrected chi connectivity index (χ2v) is 6.81. The Hall–Kier alpha value is -2.95. The van der Waals surface area contributed by atoms with Gasteiger partial charge in [-0.2, -0.15) is 5.10 Å². The first-order valence-corrected chi connectivity index (χ1v) is 9.50. The fourth-order valence-electron chi connectivity index (χ4n) is 2.72. The van der Waals surface area contributed by atoms with Gasteiger partial charge in [0, 0.05) is 17.2 Å². The van der Waals surface area contributed by atoms with E-state index in [-0.39, 0.29) is 17.7 Å². The number of carbonyl (C=O) groups is 2. The summed E-state index contributed by atoms with van der Waals surface area (Å²) >= 11 is 0. The smallest absolute Gasteiger partial charge is 0.271 e. The van der Waals surface area contributed by atoms with E-state index in [1.54, 1.807) is 24.3 Å². The van der Waals surface area contributed by atoms with Crippen molar-refractivity contribution in [3.05, 3.63) is 65.7 Å². The van der Waals surface area contributed by atoms with Crippen LogP contribution < -0.4 is 10.7 Å². The van der Waals surface area contributed by atoms with Gasteiger partial charge in [0.25, 0.3) is 5.91 Å². The summed E-state index contributed by atoms with van der Waals surface area (Å²) in [6.07, 6.45) is 4.82. The predicted octanol–water partition coefficient (Wildman–Crippen LogP) is 4.36. The Bertz CT molecular complexity index is 809. The molecule has 1 aliphatic carbocycles. The summed E-state index contributed by atoms with van der Waals surface area (Å²) in [5, 5.41) is 7.22. The number of benzene rings is 2. The van der Waals surface area contributed by atoms with Gasteiger partial charge < -0.3 is 5.32 Å². The average molecular weight is 363 g/mol. The van der Waals surface area contributed by atoms with E-state index in [0.29, 0.717) is 11.3 Å². The Balaban J connectivity index is 1.63. The first-order chi connectivity index (χ1) is 13.2. The Kier molecular flexibility index (Phi) is 6.36. The lowest BCUT2D eigenvalue weighted by Crippen LogP contribution is -2.20. The van der Waals surface area contributed by atoms with Crippen LogP contribution >= 0.6 is 0 Å². The molecule has 27 heavy (non-hydrogen) atoms. The summed E-state index contributed by atoms with van der Waals surface area (Å²) in [5.74, 6) is -0.0536. The van der Waals surface area contributed by atoms with E-state index >= 15 is 0 Å². The number of rotatable bonds is 8. The zero-order chi connectivity index (χ0) is 19.1. The molecule has 5 nitrogen and oxygen atoms in total. The molecule has 2 amide bonds. The van der Waals surface area contributed by atoms with Crippen LogP contribution in [0.3, 0.4) is 0 Å². The maximum Gasteiger partial charge on any atom is 0.271 e. The molecule has 2 N–H and O–H groups in total. The van der Waals surface area contributed by atoms with E-state index in [0.717, 1.165) is 43.4 Å². The van der Waals surface area contributed by atoms with Gasteiger partial charge >= 0.3 is 0 Å². The minimum absolute atomic E-state index is 0.0558. The molecule has 0 aliphatic heterocycles. The van der Waals surface area contributed by atoms with Crippen LogP contribution in [0, 0.1) is 5.92 Å². The fraction of sp³-hybridized carbons (Fsp3) is 0.318. The minimum atomic E-state index is -0.264. The van der Waals surface area contributed by atoms with Gasteiger partial charge in [-0.1, -0.05) is 43.7 Å². The van der Waals surface area contributed by atoms with E-state index < -0.39 is 0 Å². The summed E-state index contributed by atoms with van der Waals surface area (Å²) in [4.78, 5) is 24.2. The van der Waals surface area contributed by atoms with Crippen molar-refractivity contribution in [3.63, 3.8) is 0 Å². The van der Waals surface area contributed by atoms with Crippen LogP contribution in [0.25, 0.3) is 0 Å². The second kappa shape index (κ2) is 9.12. The molecular formula is C22H25N3O2. The number of hydrazone groups is 1. The summed E-state index contributed by atoms with van der Waals surface area (Å²) in [6, 6.07) is 16.8. The SMILES string of the molecule is CCCCC(=NNC(=O)c1ccc(NC(=O)C2CC2)cc1)c1ccccc1. The molecule has 3 rings (SSSR count). The third kappa shape index (κ3) is 5.51. The van der Waals surface area contributed by atoms with E-state index in [1.807, 2.05) is 30.3 Å². The standard InChI is InChI=1S/C22H25N3O2/c1-2-3-9-20(16-7-5-4-6-8-16)24-25-22(27)18-12-14-19(15-13-18)23-21(26)17-10-11-17/h4-8,12-15,17H,2-3,9-11H2,1H3,(H,23,26)(H,25,27). The highest BCUT2D eigenvalue weighted by Crippen LogP contribution is 2.30. The lowest BCUT2D eigenvalue weighted by molar-refractivity contribution is -0.117. The Labute approximate surface area is 159 Å². The summed E-state index contributed by atoms with van der Waals surface area (Å²) in [7, 11) is 0. The third-order valence-corrected chi connectivity index (χ3v) is 4.53. The first-order valence-electron chi connectivity index (χ1n) is 9.50. The molecule has 1 aliphatic rings. The van der Waals surface area contributed by atoms with Crippen molar-refractivity contribution >= 4 is 23.2 Å². The van der Waals surface area contributed by atoms with Gasteiger partial charge in [0.2, 0.25) is 5.91 Å². The molecule has 2 aromatic rings. The van der Waals surface area contributed by atoms with Crippen molar-refractivity contribution in [1.29, 1.82) is 0 Å². The van der Waals surface area contributed by atoms with Crippen LogP contribution in [0.4, 0.5) is 5.69 Å². The van der Waals surface area contributed by atoms with Crippen LogP contribution in [-0.4, -0.2) is 17.5 Å². The Morgan fingerprint density at radius 2 is 1.70 bits per heavy atom. The highest BCUT2D eigenvalue weighted by molar-refractivity contribution is 6.02. The lowest BCUT2D eigenvalue weighted by Gasteiger charge is -2.08. The maximum atomic E-state index is 12.4. The van der Waals surface area contributed by atoms with Gasteiger partial charge in [-0.05, 0) is 55.5 Å². The topological polar surface area (TPSA) is 70.6 Å². The summed E-state index contributed by atoms with van der Waals surface area (Å²) < 4.78 is 0. The van der Waals surface area contributed by atoms with Crippen LogP contribution in [0.1, 0.15) is 54.9 Å². The van der Waals surface area contributed by atoms with Gasteiger partial charge in [0.05, 0.1) is 5.71 Å². The first kappa shape index (κ1) is 18.8. The number of nitrogens with one attached hydrogen (secondary N) is 2. The molecule has 0 radical (unpaired) electrons. The molecule has 2 aromatic carbocycles. The second-order valence-electron chi connectivity index (χ2n) is 6.81. The molecule has 0 bridgehead atoms. The average Bonchev–Trinajstić information content (AvgIpc) is 3.54. The molecule has 0 spiro atoms. The van der Waals surface area contributed by atoms with E-state index in [4.69, 9.17) is 0 Å². The highest BCUT2D eigenvalue weighted by atomic mass is 16.2. The molecule has 0 aromatic heterocycles. The minimum Gasteiger partial charge on any atom is -0.326 e. The zero-order valence-corrected chi connectivity index (χ0v) is 15.6. The van der Waals surface area contributed by atoms with Crippen LogP contribution in [0.15, 0.2) is 59.7 Å². The molecule has 1 fully saturated rings. The quantitative estimate of drug-likeness (QED) is 0.540. The fourth-order valence-corrected chi connectivity index (χ4v) is 2.72. The number of hydrogen-bond acceptors (Lipinski definition) is 3. The molecular weight excluding hydrogens is 338 g/mol. The molecule has 140 valence electrons. The monoisotopic (exact) mass is 363 g/mol. The van der Waals surface area contributed by atoms with Crippen molar-refractivity contribution in [2.24, 2.45) is 11.0 Å². The van der Waals surface area contributed by atoms with Gasteiger partial charge in [-0.15, -0.1) is 0 Å². The number of nitrogens with zero attached hydrogens (tertiary/aromatic N) is 1. The van der Waals surface area contributed by atoms with Crippen LogP contribution in [0.5, 0.6) is 0 Å². The van der Waals surface area contributed by atoms with Crippen LogP contribution in [-0.2, 0) is 4.79 Å². The molecule has 5 heteroatoms. The molecule has 0 saturated heterocycles. The van der Waals surface area contributed by atoms with Gasteiger partial charge in [-0.3, -0.25) is 9.59 Å². The third-order valence-electron chi connectivity index (χ3n) is 4.53. The zero-order valence-electron chi connectivity index (χ0n) is 15.6. The van der Waals surface area contributed by atoms with Crippen molar-refractivity contribution in [3.8, 4) is 0 Å². The number of amides is 2. The number of hydrogen-bond donors (Lipinski definition) is 2. The largest absolute Gasteiger partial charge is 0.326 e. The van der Waals surface area contributed by atoms with Crippen molar-refractivity contribution < 1.29 is 9.59 Å². The van der Waals surface area contributed by atoms with Gasteiger partial charge in [-0.25, -0.2) is 5.43 Å². The van der Waals surface area contributed by atoms with Crippen LogP contribution in [0.2, 0.25) is 0 Å². The Morgan fingerprint density at radius 3 is 2.33 bits per heavy atom. The molecule has 0 atom stereocenters. The maximum absolute atomic E-state index is 12.4. The van der Waals surface area contributed by atoms with E-state index in [9.17, 15) is 9.59 Å². The lowest BCUT2D eigenvalue weighted by atomic mass is 10.1. The predicted molar refractivity (Wildman–Crippen MR) is 108 cm³/mol. The Morgan fingerprint density at radius 1 is 1.00 bits per heavy atom. The number of anilines is 1. The molecule has 1 saturated carbocycles. The van der Waals surface area contributed by atoms with E-state index in [2.05, 4.69) is 22.8 Å². The van der Waals surface area contributed by atoms with Crippen molar-refractivity contribution in [1.82, 2.24) is 5.43 Å². The van der Waals surface area contributed by atoms with Gasteiger partial charge in [0.15, 0.2) is 0 Å². The highest BCUT2D eigenvalue weighted by Gasteiger charge is 2.29. The number of carbonyl (C=O) groups excluding carboxylic acids is 2. The van der Waals surface area contributed by atoms with Gasteiger partial charge in [0.1, 0.15) is 0 Å². The molecule has 0 heterocycles. The van der Waals surface area contributed by atoms with E-state index in [1.165, 1.54) is 0 Å². The molecule has 0 unspecified atom stereocenters. The summed E-state index contributed by atoms with van der Waals surface area (Å²) in [5.41, 5.74) is 5.76.